The van der Waals surface area contributed by atoms with E-state index in [9.17, 15) is 9.18 Å². The van der Waals surface area contributed by atoms with Crippen molar-refractivity contribution in [2.24, 2.45) is 4.99 Å². The lowest BCUT2D eigenvalue weighted by atomic mass is 10.1. The Morgan fingerprint density at radius 3 is 2.39 bits per heavy atom. The first-order chi connectivity index (χ1) is 13.6. The molecule has 3 rings (SSSR count). The zero-order valence-electron chi connectivity index (χ0n) is 16.5. The van der Waals surface area contributed by atoms with E-state index < -0.39 is 0 Å². The van der Waals surface area contributed by atoms with Gasteiger partial charge in [0.2, 0.25) is 5.91 Å². The minimum Gasteiger partial charge on any atom is -0.352 e. The first kappa shape index (κ1) is 19.9. The lowest BCUT2D eigenvalue weighted by molar-refractivity contribution is -0.119. The minimum atomic E-state index is -0.194. The van der Waals surface area contributed by atoms with E-state index >= 15 is 0 Å². The highest BCUT2D eigenvalue weighted by atomic mass is 19.1. The molecule has 1 fully saturated rings. The second-order valence-electron chi connectivity index (χ2n) is 7.03. The number of rotatable bonds is 5. The van der Waals surface area contributed by atoms with Crippen molar-refractivity contribution < 1.29 is 9.18 Å². The van der Waals surface area contributed by atoms with E-state index in [4.69, 9.17) is 0 Å². The third kappa shape index (κ3) is 5.09. The number of halogens is 1. The number of guanidine groups is 1. The quantitative estimate of drug-likeness (QED) is 0.615. The Labute approximate surface area is 165 Å². The minimum absolute atomic E-state index is 0.194. The molecule has 1 amide bonds. The summed E-state index contributed by atoms with van der Waals surface area (Å²) in [6.45, 7) is 3.75. The van der Waals surface area contributed by atoms with Crippen LogP contribution in [0.2, 0.25) is 0 Å². The van der Waals surface area contributed by atoms with Crippen molar-refractivity contribution in [1.29, 1.82) is 0 Å². The fourth-order valence-corrected chi connectivity index (χ4v) is 3.28. The smallest absolute Gasteiger partial charge is 0.226 e. The first-order valence-electron chi connectivity index (χ1n) is 9.65. The normalized spacial score (nSPS) is 14.9. The SMILES string of the molecule is CN=C(NCc1ccc(N2CCCCC2=O)cc1)NCc1ccc(F)c(C)c1. The van der Waals surface area contributed by atoms with Crippen LogP contribution in [0.4, 0.5) is 10.1 Å². The van der Waals surface area contributed by atoms with Crippen LogP contribution in [0.25, 0.3) is 0 Å². The molecule has 0 unspecified atom stereocenters. The maximum Gasteiger partial charge on any atom is 0.226 e. The molecule has 0 atom stereocenters. The van der Waals surface area contributed by atoms with Crippen molar-refractivity contribution in [3.05, 3.63) is 65.0 Å². The van der Waals surface area contributed by atoms with Crippen molar-refractivity contribution in [2.45, 2.75) is 39.3 Å². The number of amides is 1. The molecule has 0 radical (unpaired) electrons. The third-order valence-electron chi connectivity index (χ3n) is 4.94. The van der Waals surface area contributed by atoms with Crippen LogP contribution in [-0.4, -0.2) is 25.5 Å². The number of carbonyl (C=O) groups is 1. The molecular weight excluding hydrogens is 355 g/mol. The summed E-state index contributed by atoms with van der Waals surface area (Å²) >= 11 is 0. The van der Waals surface area contributed by atoms with Gasteiger partial charge in [-0.2, -0.15) is 0 Å². The van der Waals surface area contributed by atoms with Gasteiger partial charge in [0.05, 0.1) is 0 Å². The largest absolute Gasteiger partial charge is 0.352 e. The monoisotopic (exact) mass is 382 g/mol. The third-order valence-corrected chi connectivity index (χ3v) is 4.94. The van der Waals surface area contributed by atoms with Crippen molar-refractivity contribution in [3.63, 3.8) is 0 Å². The summed E-state index contributed by atoms with van der Waals surface area (Å²) in [5.74, 6) is 0.691. The van der Waals surface area contributed by atoms with Gasteiger partial charge in [0.25, 0.3) is 0 Å². The number of nitrogens with zero attached hydrogens (tertiary/aromatic N) is 2. The van der Waals surface area contributed by atoms with E-state index in [-0.39, 0.29) is 11.7 Å². The molecule has 5 nitrogen and oxygen atoms in total. The van der Waals surface area contributed by atoms with Gasteiger partial charge >= 0.3 is 0 Å². The lowest BCUT2D eigenvalue weighted by Crippen LogP contribution is -2.36. The molecule has 0 spiro atoms. The van der Waals surface area contributed by atoms with Crippen LogP contribution in [0.1, 0.15) is 36.0 Å². The molecule has 1 saturated heterocycles. The average molecular weight is 382 g/mol. The number of aliphatic imine (C=N–C) groups is 1. The molecule has 1 heterocycles. The molecule has 0 aromatic heterocycles. The zero-order valence-corrected chi connectivity index (χ0v) is 16.5. The van der Waals surface area contributed by atoms with E-state index in [1.165, 1.54) is 6.07 Å². The second-order valence-corrected chi connectivity index (χ2v) is 7.03. The number of piperidine rings is 1. The van der Waals surface area contributed by atoms with Crippen LogP contribution < -0.4 is 15.5 Å². The van der Waals surface area contributed by atoms with Crippen molar-refractivity contribution in [3.8, 4) is 0 Å². The van der Waals surface area contributed by atoms with E-state index in [1.54, 1.807) is 20.0 Å². The fraction of sp³-hybridized carbons (Fsp3) is 0.364. The molecule has 0 bridgehead atoms. The van der Waals surface area contributed by atoms with Crippen LogP contribution in [0, 0.1) is 12.7 Å². The van der Waals surface area contributed by atoms with E-state index in [1.807, 2.05) is 35.2 Å². The summed E-state index contributed by atoms with van der Waals surface area (Å²) in [7, 11) is 1.72. The van der Waals surface area contributed by atoms with Crippen molar-refractivity contribution >= 4 is 17.6 Å². The Bertz CT molecular complexity index is 848. The molecule has 0 aliphatic carbocycles. The second kappa shape index (κ2) is 9.35. The van der Waals surface area contributed by atoms with Crippen molar-refractivity contribution in [1.82, 2.24) is 10.6 Å². The van der Waals surface area contributed by atoms with Gasteiger partial charge in [0.15, 0.2) is 5.96 Å². The summed E-state index contributed by atoms with van der Waals surface area (Å²) in [5.41, 5.74) is 3.70. The number of anilines is 1. The Morgan fingerprint density at radius 2 is 1.75 bits per heavy atom. The maximum absolute atomic E-state index is 13.4. The maximum atomic E-state index is 13.4. The lowest BCUT2D eigenvalue weighted by Gasteiger charge is -2.26. The fourth-order valence-electron chi connectivity index (χ4n) is 3.28. The number of benzene rings is 2. The molecule has 28 heavy (non-hydrogen) atoms. The van der Waals surface area contributed by atoms with Gasteiger partial charge in [-0.05, 0) is 54.7 Å². The zero-order chi connectivity index (χ0) is 19.9. The predicted molar refractivity (Wildman–Crippen MR) is 111 cm³/mol. The topological polar surface area (TPSA) is 56.7 Å². The van der Waals surface area contributed by atoms with Crippen LogP contribution >= 0.6 is 0 Å². The average Bonchev–Trinajstić information content (AvgIpc) is 2.71. The summed E-state index contributed by atoms with van der Waals surface area (Å²) in [5, 5.41) is 6.51. The summed E-state index contributed by atoms with van der Waals surface area (Å²) in [6, 6.07) is 13.1. The van der Waals surface area contributed by atoms with Crippen LogP contribution in [-0.2, 0) is 17.9 Å². The highest BCUT2D eigenvalue weighted by Gasteiger charge is 2.19. The molecule has 2 aromatic rings. The summed E-state index contributed by atoms with van der Waals surface area (Å²) in [4.78, 5) is 18.1. The number of hydrogen-bond acceptors (Lipinski definition) is 2. The Balaban J connectivity index is 1.51. The van der Waals surface area contributed by atoms with E-state index in [2.05, 4.69) is 15.6 Å². The van der Waals surface area contributed by atoms with Gasteiger partial charge < -0.3 is 15.5 Å². The highest BCUT2D eigenvalue weighted by Crippen LogP contribution is 2.21. The van der Waals surface area contributed by atoms with E-state index in [0.29, 0.717) is 31.0 Å². The Kier molecular flexibility index (Phi) is 6.63. The van der Waals surface area contributed by atoms with Crippen LogP contribution in [0.3, 0.4) is 0 Å². The molecule has 148 valence electrons. The summed E-state index contributed by atoms with van der Waals surface area (Å²) in [6.07, 6.45) is 2.68. The van der Waals surface area contributed by atoms with Crippen LogP contribution in [0.15, 0.2) is 47.5 Å². The van der Waals surface area contributed by atoms with Gasteiger partial charge in [0.1, 0.15) is 5.82 Å². The van der Waals surface area contributed by atoms with Gasteiger partial charge in [-0.3, -0.25) is 9.79 Å². The number of nitrogens with one attached hydrogen (secondary N) is 2. The van der Waals surface area contributed by atoms with Gasteiger partial charge in [-0.1, -0.05) is 24.3 Å². The molecule has 0 saturated carbocycles. The van der Waals surface area contributed by atoms with Gasteiger partial charge in [-0.15, -0.1) is 0 Å². The molecular formula is C22H27FN4O. The van der Waals surface area contributed by atoms with Crippen LogP contribution in [0.5, 0.6) is 0 Å². The molecule has 6 heteroatoms. The van der Waals surface area contributed by atoms with Gasteiger partial charge in [0, 0.05) is 38.8 Å². The Hall–Kier alpha value is -2.89. The van der Waals surface area contributed by atoms with E-state index in [0.717, 1.165) is 36.2 Å². The predicted octanol–water partition coefficient (Wildman–Crippen LogP) is 3.52. The standard InChI is InChI=1S/C22H27FN4O/c1-16-13-18(8-11-20(16)23)15-26-22(24-2)25-14-17-6-9-19(10-7-17)27-12-4-3-5-21(27)28/h6-11,13H,3-5,12,14-15H2,1-2H3,(H2,24,25,26). The van der Waals surface area contributed by atoms with Gasteiger partial charge in [-0.25, -0.2) is 4.39 Å². The molecule has 1 aliphatic rings. The Morgan fingerprint density at radius 1 is 1.07 bits per heavy atom. The number of hydrogen-bond donors (Lipinski definition) is 2. The first-order valence-corrected chi connectivity index (χ1v) is 9.65. The molecule has 1 aliphatic heterocycles. The molecule has 2 N–H and O–H groups in total. The number of carbonyl (C=O) groups excluding carboxylic acids is 1. The summed E-state index contributed by atoms with van der Waals surface area (Å²) < 4.78 is 13.4. The molecule has 2 aromatic carbocycles. The number of aryl methyl sites for hydroxylation is 1. The van der Waals surface area contributed by atoms with Crippen molar-refractivity contribution in [2.75, 3.05) is 18.5 Å². The highest BCUT2D eigenvalue weighted by molar-refractivity contribution is 5.93.